The Labute approximate surface area is 188 Å². The molecule has 1 heterocycles. The lowest BCUT2D eigenvalue weighted by Gasteiger charge is -2.18. The van der Waals surface area contributed by atoms with Crippen molar-refractivity contribution in [3.05, 3.63) is 58.6 Å². The van der Waals surface area contributed by atoms with Crippen molar-refractivity contribution in [1.29, 1.82) is 0 Å². The number of thioether (sulfide) groups is 1. The first kappa shape index (κ1) is 22.7. The smallest absolute Gasteiger partial charge is 0.277 e. The second kappa shape index (κ2) is 9.86. The van der Waals surface area contributed by atoms with Crippen molar-refractivity contribution >= 4 is 43.5 Å². The zero-order valence-electron chi connectivity index (χ0n) is 16.4. The van der Waals surface area contributed by atoms with E-state index in [1.165, 1.54) is 10.4 Å². The Bertz CT molecular complexity index is 1130. The van der Waals surface area contributed by atoms with Crippen molar-refractivity contribution < 1.29 is 17.6 Å². The van der Waals surface area contributed by atoms with Crippen LogP contribution in [0.2, 0.25) is 0 Å². The molecule has 0 aliphatic rings. The van der Waals surface area contributed by atoms with Crippen LogP contribution in [0.1, 0.15) is 24.2 Å². The number of sulfonamides is 1. The third kappa shape index (κ3) is 5.18. The summed E-state index contributed by atoms with van der Waals surface area (Å²) in [5, 5.41) is 8.19. The molecule has 10 heteroatoms. The van der Waals surface area contributed by atoms with E-state index in [4.69, 9.17) is 4.42 Å². The Morgan fingerprint density at radius 3 is 2.47 bits per heavy atom. The monoisotopic (exact) mass is 509 g/mol. The summed E-state index contributed by atoms with van der Waals surface area (Å²) in [5.41, 5.74) is 1.10. The Balaban J connectivity index is 1.73. The molecular formula is C20H20BrN3O4S2. The summed E-state index contributed by atoms with van der Waals surface area (Å²) in [7, 11) is -3.59. The summed E-state index contributed by atoms with van der Waals surface area (Å²) in [4.78, 5) is 12.5. The molecule has 0 amide bonds. The summed E-state index contributed by atoms with van der Waals surface area (Å²) < 4.78 is 33.4. The summed E-state index contributed by atoms with van der Waals surface area (Å²) in [5.74, 6) is 0.296. The maximum atomic E-state index is 12.7. The number of carbonyl (C=O) groups excluding carboxylic acids is 1. The highest BCUT2D eigenvalue weighted by atomic mass is 79.9. The van der Waals surface area contributed by atoms with Gasteiger partial charge in [-0.1, -0.05) is 59.7 Å². The molecule has 3 rings (SSSR count). The second-order valence-corrected chi connectivity index (χ2v) is 9.99. The summed E-state index contributed by atoms with van der Waals surface area (Å²) in [6.45, 7) is 4.36. The molecule has 0 saturated carbocycles. The maximum Gasteiger partial charge on any atom is 0.277 e. The van der Waals surface area contributed by atoms with Gasteiger partial charge in [0.15, 0.2) is 5.78 Å². The van der Waals surface area contributed by atoms with E-state index < -0.39 is 10.0 Å². The molecule has 1 aromatic heterocycles. The Kier molecular flexibility index (Phi) is 7.45. The summed E-state index contributed by atoms with van der Waals surface area (Å²) in [6.07, 6.45) is 0. The topological polar surface area (TPSA) is 93.4 Å². The number of carbonyl (C=O) groups is 1. The fraction of sp³-hybridized carbons (Fsp3) is 0.250. The van der Waals surface area contributed by atoms with E-state index in [0.717, 1.165) is 16.2 Å². The van der Waals surface area contributed by atoms with Gasteiger partial charge in [-0.2, -0.15) is 4.31 Å². The number of halogens is 1. The quantitative estimate of drug-likeness (QED) is 0.309. The molecule has 0 aliphatic heterocycles. The van der Waals surface area contributed by atoms with Crippen molar-refractivity contribution in [2.24, 2.45) is 0 Å². The van der Waals surface area contributed by atoms with Gasteiger partial charge in [0.05, 0.1) is 10.6 Å². The molecule has 0 aliphatic carbocycles. The van der Waals surface area contributed by atoms with Crippen molar-refractivity contribution in [1.82, 2.24) is 14.5 Å². The van der Waals surface area contributed by atoms with Crippen LogP contribution in [0.15, 0.2) is 67.5 Å². The third-order valence-corrected chi connectivity index (χ3v) is 7.72. The van der Waals surface area contributed by atoms with E-state index >= 15 is 0 Å². The highest BCUT2D eigenvalue weighted by Gasteiger charge is 2.22. The van der Waals surface area contributed by atoms with Crippen LogP contribution >= 0.6 is 27.7 Å². The molecule has 0 N–H and O–H groups in total. The molecule has 0 bridgehead atoms. The highest BCUT2D eigenvalue weighted by molar-refractivity contribution is 9.10. The van der Waals surface area contributed by atoms with E-state index in [2.05, 4.69) is 26.1 Å². The molecule has 158 valence electrons. The molecule has 0 fully saturated rings. The van der Waals surface area contributed by atoms with E-state index in [1.807, 2.05) is 12.1 Å². The van der Waals surface area contributed by atoms with Crippen molar-refractivity contribution in [2.75, 3.05) is 18.8 Å². The van der Waals surface area contributed by atoms with Gasteiger partial charge in [-0.25, -0.2) is 8.42 Å². The highest BCUT2D eigenvalue weighted by Crippen LogP contribution is 2.26. The van der Waals surface area contributed by atoms with Crippen LogP contribution < -0.4 is 0 Å². The van der Waals surface area contributed by atoms with Crippen LogP contribution in [0.5, 0.6) is 0 Å². The zero-order chi connectivity index (χ0) is 21.7. The van der Waals surface area contributed by atoms with Gasteiger partial charge in [0.1, 0.15) is 0 Å². The number of ketones is 1. The van der Waals surface area contributed by atoms with E-state index in [-0.39, 0.29) is 27.5 Å². The SMILES string of the molecule is CCN(CC)S(=O)(=O)c1cccc(-c2nnc(SCC(=O)c3ccc(Br)cc3)o2)c1. The van der Waals surface area contributed by atoms with Crippen molar-refractivity contribution in [2.45, 2.75) is 24.0 Å². The molecule has 0 unspecified atom stereocenters. The van der Waals surface area contributed by atoms with Crippen LogP contribution in [0, 0.1) is 0 Å². The van der Waals surface area contributed by atoms with Gasteiger partial charge in [0.2, 0.25) is 15.9 Å². The van der Waals surface area contributed by atoms with Crippen molar-refractivity contribution in [3.63, 3.8) is 0 Å². The van der Waals surface area contributed by atoms with Gasteiger partial charge in [-0.05, 0) is 30.3 Å². The summed E-state index contributed by atoms with van der Waals surface area (Å²) >= 11 is 4.48. The third-order valence-electron chi connectivity index (χ3n) is 4.32. The normalized spacial score (nSPS) is 11.7. The molecule has 0 spiro atoms. The molecular weight excluding hydrogens is 490 g/mol. The lowest BCUT2D eigenvalue weighted by Crippen LogP contribution is -2.30. The first-order valence-electron chi connectivity index (χ1n) is 9.20. The van der Waals surface area contributed by atoms with E-state index in [0.29, 0.717) is 24.2 Å². The lowest BCUT2D eigenvalue weighted by atomic mass is 10.2. The Hall–Kier alpha value is -2.01. The maximum absolute atomic E-state index is 12.7. The molecule has 7 nitrogen and oxygen atoms in total. The predicted molar refractivity (Wildman–Crippen MR) is 119 cm³/mol. The standard InChI is InChI=1S/C20H20BrN3O4S2/c1-3-24(4-2)30(26,27)17-7-5-6-15(12-17)19-22-23-20(28-19)29-13-18(25)14-8-10-16(21)11-9-14/h5-12H,3-4,13H2,1-2H3. The molecule has 0 atom stereocenters. The Morgan fingerprint density at radius 1 is 1.10 bits per heavy atom. The van der Waals surface area contributed by atoms with E-state index in [9.17, 15) is 13.2 Å². The first-order chi connectivity index (χ1) is 14.3. The van der Waals surface area contributed by atoms with Gasteiger partial charge in [0, 0.05) is 28.7 Å². The van der Waals surface area contributed by atoms with Gasteiger partial charge < -0.3 is 4.42 Å². The number of aromatic nitrogens is 2. The fourth-order valence-corrected chi connectivity index (χ4v) is 5.16. The molecule has 0 radical (unpaired) electrons. The average molecular weight is 510 g/mol. The largest absolute Gasteiger partial charge is 0.411 e. The summed E-state index contributed by atoms with van der Waals surface area (Å²) in [6, 6.07) is 13.5. The minimum Gasteiger partial charge on any atom is -0.411 e. The predicted octanol–water partition coefficient (Wildman–Crippen LogP) is 4.50. The van der Waals surface area contributed by atoms with Crippen LogP contribution in [-0.4, -0.2) is 47.5 Å². The minimum atomic E-state index is -3.59. The number of nitrogens with zero attached hydrogens (tertiary/aromatic N) is 3. The molecule has 0 saturated heterocycles. The minimum absolute atomic E-state index is 0.0560. The number of Topliss-reactive ketones (excluding diaryl/α,β-unsaturated/α-hetero) is 1. The van der Waals surface area contributed by atoms with Gasteiger partial charge in [0.25, 0.3) is 5.22 Å². The van der Waals surface area contributed by atoms with Gasteiger partial charge in [-0.15, -0.1) is 10.2 Å². The number of benzene rings is 2. The lowest BCUT2D eigenvalue weighted by molar-refractivity contribution is 0.102. The van der Waals surface area contributed by atoms with Gasteiger partial charge in [-0.3, -0.25) is 4.79 Å². The van der Waals surface area contributed by atoms with Gasteiger partial charge >= 0.3 is 0 Å². The fourth-order valence-electron chi connectivity index (χ4n) is 2.73. The Morgan fingerprint density at radius 2 is 1.80 bits per heavy atom. The molecule has 3 aromatic rings. The second-order valence-electron chi connectivity index (χ2n) is 6.21. The van der Waals surface area contributed by atoms with Crippen LogP contribution in [-0.2, 0) is 10.0 Å². The van der Waals surface area contributed by atoms with Crippen LogP contribution in [0.4, 0.5) is 0 Å². The van der Waals surface area contributed by atoms with E-state index in [1.54, 1.807) is 44.2 Å². The molecule has 30 heavy (non-hydrogen) atoms. The van der Waals surface area contributed by atoms with Crippen LogP contribution in [0.25, 0.3) is 11.5 Å². The zero-order valence-corrected chi connectivity index (χ0v) is 19.6. The molecule has 2 aromatic carbocycles. The number of hydrogen-bond acceptors (Lipinski definition) is 7. The first-order valence-corrected chi connectivity index (χ1v) is 12.4. The number of rotatable bonds is 9. The average Bonchev–Trinajstić information content (AvgIpc) is 3.22. The number of hydrogen-bond donors (Lipinski definition) is 0. The van der Waals surface area contributed by atoms with Crippen LogP contribution in [0.3, 0.4) is 0 Å². The van der Waals surface area contributed by atoms with Crippen molar-refractivity contribution in [3.8, 4) is 11.5 Å².